The standard InChI is InChI=1S/C17H13Cl2NO/c1-3-8-21-17-7-5-14(18)9-13(17)11-20-15-6-4-12(2)16(19)10-15/h1,4-7,9-11H,8H2,2H3. The summed E-state index contributed by atoms with van der Waals surface area (Å²) < 4.78 is 5.46. The molecule has 2 rings (SSSR count). The van der Waals surface area contributed by atoms with Crippen molar-refractivity contribution in [1.82, 2.24) is 0 Å². The fraction of sp³-hybridized carbons (Fsp3) is 0.118. The second-order valence-corrected chi connectivity index (χ2v) is 5.21. The Labute approximate surface area is 134 Å². The van der Waals surface area contributed by atoms with Crippen LogP contribution in [0.15, 0.2) is 41.4 Å². The molecular formula is C17H13Cl2NO. The van der Waals surface area contributed by atoms with Crippen LogP contribution in [0.1, 0.15) is 11.1 Å². The number of rotatable bonds is 4. The van der Waals surface area contributed by atoms with E-state index in [1.807, 2.05) is 19.1 Å². The third-order valence-corrected chi connectivity index (χ3v) is 3.43. The summed E-state index contributed by atoms with van der Waals surface area (Å²) >= 11 is 12.1. The first-order valence-electron chi connectivity index (χ1n) is 6.26. The Bertz CT molecular complexity index is 717. The summed E-state index contributed by atoms with van der Waals surface area (Å²) in [6.07, 6.45) is 6.88. The molecule has 0 aliphatic carbocycles. The smallest absolute Gasteiger partial charge is 0.148 e. The van der Waals surface area contributed by atoms with Crippen molar-refractivity contribution in [2.45, 2.75) is 6.92 Å². The fourth-order valence-electron chi connectivity index (χ4n) is 1.68. The molecule has 0 saturated carbocycles. The Morgan fingerprint density at radius 3 is 2.76 bits per heavy atom. The van der Waals surface area contributed by atoms with Crippen molar-refractivity contribution in [1.29, 1.82) is 0 Å². The van der Waals surface area contributed by atoms with Crippen molar-refractivity contribution >= 4 is 35.1 Å². The van der Waals surface area contributed by atoms with Gasteiger partial charge in [0.1, 0.15) is 12.4 Å². The molecule has 2 aromatic carbocycles. The van der Waals surface area contributed by atoms with E-state index >= 15 is 0 Å². The minimum Gasteiger partial charge on any atom is -0.480 e. The monoisotopic (exact) mass is 317 g/mol. The van der Waals surface area contributed by atoms with Crippen molar-refractivity contribution < 1.29 is 4.74 Å². The maximum absolute atomic E-state index is 6.08. The number of aliphatic imine (C=N–C) groups is 1. The minimum atomic E-state index is 0.193. The fourth-order valence-corrected chi connectivity index (χ4v) is 2.03. The third kappa shape index (κ3) is 4.26. The maximum atomic E-state index is 6.08. The van der Waals surface area contributed by atoms with Crippen LogP contribution in [-0.2, 0) is 0 Å². The topological polar surface area (TPSA) is 21.6 Å². The van der Waals surface area contributed by atoms with Crippen LogP contribution < -0.4 is 4.74 Å². The van der Waals surface area contributed by atoms with Gasteiger partial charge in [-0.2, -0.15) is 0 Å². The molecule has 0 aromatic heterocycles. The van der Waals surface area contributed by atoms with E-state index in [-0.39, 0.29) is 6.61 Å². The molecule has 0 fully saturated rings. The second kappa shape index (κ2) is 7.17. The number of hydrogen-bond acceptors (Lipinski definition) is 2. The van der Waals surface area contributed by atoms with E-state index in [0.29, 0.717) is 15.8 Å². The third-order valence-electron chi connectivity index (χ3n) is 2.79. The van der Waals surface area contributed by atoms with Gasteiger partial charge in [0, 0.05) is 21.8 Å². The molecule has 0 amide bonds. The van der Waals surface area contributed by atoms with E-state index in [1.54, 1.807) is 30.5 Å². The summed E-state index contributed by atoms with van der Waals surface area (Å²) in [5.74, 6) is 3.07. The van der Waals surface area contributed by atoms with Crippen molar-refractivity contribution in [3.63, 3.8) is 0 Å². The summed E-state index contributed by atoms with van der Waals surface area (Å²) in [7, 11) is 0. The summed E-state index contributed by atoms with van der Waals surface area (Å²) in [4.78, 5) is 4.39. The first-order chi connectivity index (χ1) is 10.1. The first-order valence-corrected chi connectivity index (χ1v) is 7.02. The molecule has 106 valence electrons. The first kappa shape index (κ1) is 15.4. The van der Waals surface area contributed by atoms with Crippen LogP contribution in [0, 0.1) is 19.3 Å². The van der Waals surface area contributed by atoms with Crippen LogP contribution in [-0.4, -0.2) is 12.8 Å². The molecule has 0 heterocycles. The molecule has 0 atom stereocenters. The van der Waals surface area contributed by atoms with E-state index in [0.717, 1.165) is 16.8 Å². The second-order valence-electron chi connectivity index (χ2n) is 4.37. The Morgan fingerprint density at radius 1 is 1.24 bits per heavy atom. The van der Waals surface area contributed by atoms with Crippen LogP contribution in [0.3, 0.4) is 0 Å². The quantitative estimate of drug-likeness (QED) is 0.570. The van der Waals surface area contributed by atoms with E-state index in [1.165, 1.54) is 0 Å². The SMILES string of the molecule is C#CCOc1ccc(Cl)cc1C=Nc1ccc(C)c(Cl)c1. The molecule has 0 spiro atoms. The zero-order valence-corrected chi connectivity index (χ0v) is 12.9. The number of benzene rings is 2. The molecule has 4 heteroatoms. The molecule has 2 nitrogen and oxygen atoms in total. The van der Waals surface area contributed by atoms with Gasteiger partial charge in [0.2, 0.25) is 0 Å². The lowest BCUT2D eigenvalue weighted by atomic mass is 10.2. The molecule has 0 aliphatic rings. The van der Waals surface area contributed by atoms with E-state index in [2.05, 4.69) is 10.9 Å². The molecule has 0 aliphatic heterocycles. The van der Waals surface area contributed by atoms with E-state index in [9.17, 15) is 0 Å². The van der Waals surface area contributed by atoms with Gasteiger partial charge < -0.3 is 4.74 Å². The number of hydrogen-bond donors (Lipinski definition) is 0. The summed E-state index contributed by atoms with van der Waals surface area (Å²) in [5, 5.41) is 1.28. The Kier molecular flexibility index (Phi) is 5.27. The number of halogens is 2. The van der Waals surface area contributed by atoms with Gasteiger partial charge in [-0.05, 0) is 42.8 Å². The number of terminal acetylenes is 1. The predicted molar refractivity (Wildman–Crippen MR) is 89.2 cm³/mol. The zero-order chi connectivity index (χ0) is 15.2. The molecule has 2 aromatic rings. The molecule has 21 heavy (non-hydrogen) atoms. The highest BCUT2D eigenvalue weighted by Gasteiger charge is 2.03. The minimum absolute atomic E-state index is 0.193. The van der Waals surface area contributed by atoms with Crippen LogP contribution in [0.25, 0.3) is 0 Å². The summed E-state index contributed by atoms with van der Waals surface area (Å²) in [5.41, 5.74) is 2.53. The maximum Gasteiger partial charge on any atom is 0.148 e. The largest absolute Gasteiger partial charge is 0.480 e. The predicted octanol–water partition coefficient (Wildman–Crippen LogP) is 5.06. The van der Waals surface area contributed by atoms with Gasteiger partial charge in [-0.25, -0.2) is 0 Å². The average molecular weight is 318 g/mol. The molecular weight excluding hydrogens is 305 g/mol. The number of ether oxygens (including phenoxy) is 1. The van der Waals surface area contributed by atoms with E-state index in [4.69, 9.17) is 34.4 Å². The number of nitrogens with zero attached hydrogens (tertiary/aromatic N) is 1. The molecule has 0 unspecified atom stereocenters. The van der Waals surface area contributed by atoms with Crippen molar-refractivity contribution in [3.05, 3.63) is 57.6 Å². The van der Waals surface area contributed by atoms with Gasteiger partial charge in [-0.1, -0.05) is 35.2 Å². The van der Waals surface area contributed by atoms with Crippen LogP contribution in [0.4, 0.5) is 5.69 Å². The van der Waals surface area contributed by atoms with Gasteiger partial charge in [-0.3, -0.25) is 4.99 Å². The van der Waals surface area contributed by atoms with Gasteiger partial charge >= 0.3 is 0 Å². The van der Waals surface area contributed by atoms with Gasteiger partial charge in [0.15, 0.2) is 0 Å². The highest BCUT2D eigenvalue weighted by molar-refractivity contribution is 6.31. The molecule has 0 bridgehead atoms. The van der Waals surface area contributed by atoms with Crippen molar-refractivity contribution in [3.8, 4) is 18.1 Å². The highest BCUT2D eigenvalue weighted by Crippen LogP contribution is 2.24. The summed E-state index contributed by atoms with van der Waals surface area (Å²) in [6.45, 7) is 2.14. The number of aryl methyl sites for hydroxylation is 1. The Morgan fingerprint density at radius 2 is 2.05 bits per heavy atom. The van der Waals surface area contributed by atoms with Gasteiger partial charge in [-0.15, -0.1) is 6.42 Å². The van der Waals surface area contributed by atoms with Crippen LogP contribution in [0.5, 0.6) is 5.75 Å². The van der Waals surface area contributed by atoms with Crippen LogP contribution >= 0.6 is 23.2 Å². The Hall–Kier alpha value is -1.95. The van der Waals surface area contributed by atoms with E-state index < -0.39 is 0 Å². The van der Waals surface area contributed by atoms with Crippen molar-refractivity contribution in [2.75, 3.05) is 6.61 Å². The Balaban J connectivity index is 2.28. The van der Waals surface area contributed by atoms with Gasteiger partial charge in [0.05, 0.1) is 5.69 Å². The normalized spacial score (nSPS) is 10.6. The highest BCUT2D eigenvalue weighted by atomic mass is 35.5. The summed E-state index contributed by atoms with van der Waals surface area (Å²) in [6, 6.07) is 10.9. The zero-order valence-electron chi connectivity index (χ0n) is 11.4. The lowest BCUT2D eigenvalue weighted by Crippen LogP contribution is -1.97. The molecule has 0 saturated heterocycles. The van der Waals surface area contributed by atoms with Crippen molar-refractivity contribution in [2.24, 2.45) is 4.99 Å². The van der Waals surface area contributed by atoms with Gasteiger partial charge in [0.25, 0.3) is 0 Å². The lowest BCUT2D eigenvalue weighted by Gasteiger charge is -2.06. The lowest BCUT2D eigenvalue weighted by molar-refractivity contribution is 0.370. The molecule has 0 N–H and O–H groups in total. The molecule has 0 radical (unpaired) electrons. The average Bonchev–Trinajstić information content (AvgIpc) is 2.47. The van der Waals surface area contributed by atoms with Crippen LogP contribution in [0.2, 0.25) is 10.0 Å².